The first-order valence-corrected chi connectivity index (χ1v) is 8.63. The predicted octanol–water partition coefficient (Wildman–Crippen LogP) is 0.534. The summed E-state index contributed by atoms with van der Waals surface area (Å²) in [6, 6.07) is 1.56. The molecule has 1 aromatic rings. The first kappa shape index (κ1) is 16.0. The number of sulfone groups is 1. The molecule has 1 aromatic heterocycles. The Morgan fingerprint density at radius 2 is 2.00 bits per heavy atom. The minimum Gasteiger partial charge on any atom is -0.372 e. The fourth-order valence-corrected chi connectivity index (χ4v) is 3.67. The molecule has 8 heteroatoms. The molecule has 1 saturated heterocycles. The van der Waals surface area contributed by atoms with Crippen molar-refractivity contribution in [1.82, 2.24) is 10.1 Å². The van der Waals surface area contributed by atoms with Crippen molar-refractivity contribution in [3.05, 3.63) is 17.5 Å². The highest BCUT2D eigenvalue weighted by Crippen LogP contribution is 2.13. The summed E-state index contributed by atoms with van der Waals surface area (Å²) in [5.74, 6) is -0.649. The van der Waals surface area contributed by atoms with Crippen molar-refractivity contribution in [3.63, 3.8) is 0 Å². The third-order valence-corrected chi connectivity index (χ3v) is 4.58. The van der Waals surface area contributed by atoms with Crippen LogP contribution in [0.4, 0.5) is 0 Å². The van der Waals surface area contributed by atoms with E-state index in [-0.39, 0.29) is 18.0 Å². The summed E-state index contributed by atoms with van der Waals surface area (Å²) < 4.78 is 34.5. The second-order valence-electron chi connectivity index (χ2n) is 5.52. The van der Waals surface area contributed by atoms with Crippen LogP contribution in [0, 0.1) is 6.92 Å². The highest BCUT2D eigenvalue weighted by molar-refractivity contribution is 7.91. The van der Waals surface area contributed by atoms with Crippen LogP contribution in [0.5, 0.6) is 0 Å². The van der Waals surface area contributed by atoms with Gasteiger partial charge in [0.05, 0.1) is 23.7 Å². The van der Waals surface area contributed by atoms with Gasteiger partial charge in [-0.15, -0.1) is 0 Å². The van der Waals surface area contributed by atoms with Crippen LogP contribution in [0.15, 0.2) is 10.6 Å². The number of hydrogen-bond donors (Lipinski definition) is 0. The van der Waals surface area contributed by atoms with Crippen LogP contribution in [-0.4, -0.2) is 55.4 Å². The van der Waals surface area contributed by atoms with Gasteiger partial charge in [0, 0.05) is 19.2 Å². The number of amides is 1. The van der Waals surface area contributed by atoms with E-state index in [1.165, 1.54) is 0 Å². The fraction of sp³-hybridized carbons (Fsp3) is 0.692. The second kappa shape index (κ2) is 6.15. The molecule has 2 rings (SSSR count). The molecule has 0 radical (unpaired) electrons. The van der Waals surface area contributed by atoms with Crippen LogP contribution < -0.4 is 0 Å². The molecule has 1 amide bonds. The molecule has 7 nitrogen and oxygen atoms in total. The summed E-state index contributed by atoms with van der Waals surface area (Å²) in [5, 5.41) is 3.65. The first-order valence-electron chi connectivity index (χ1n) is 6.81. The highest BCUT2D eigenvalue weighted by Gasteiger charge is 2.29. The molecule has 21 heavy (non-hydrogen) atoms. The molecule has 0 saturated carbocycles. The fourth-order valence-electron chi connectivity index (χ4n) is 2.42. The van der Waals surface area contributed by atoms with Gasteiger partial charge in [-0.2, -0.15) is 0 Å². The minimum absolute atomic E-state index is 0.0846. The van der Waals surface area contributed by atoms with Gasteiger partial charge in [-0.1, -0.05) is 5.16 Å². The van der Waals surface area contributed by atoms with Crippen LogP contribution in [0.1, 0.15) is 25.3 Å². The Balaban J connectivity index is 1.97. The van der Waals surface area contributed by atoms with Crippen LogP contribution in [-0.2, 0) is 25.1 Å². The van der Waals surface area contributed by atoms with Crippen LogP contribution in [0.25, 0.3) is 0 Å². The number of ether oxygens (including phenoxy) is 1. The number of hydrogen-bond acceptors (Lipinski definition) is 6. The lowest BCUT2D eigenvalue weighted by Gasteiger charge is -2.35. The normalized spacial score (nSPS) is 23.3. The van der Waals surface area contributed by atoms with Crippen molar-refractivity contribution in [3.8, 4) is 0 Å². The first-order chi connectivity index (χ1) is 9.75. The van der Waals surface area contributed by atoms with Crippen LogP contribution in [0.3, 0.4) is 0 Å². The van der Waals surface area contributed by atoms with E-state index in [4.69, 9.17) is 9.26 Å². The number of rotatable bonds is 4. The van der Waals surface area contributed by atoms with Crippen LogP contribution in [0.2, 0.25) is 0 Å². The molecular formula is C13H20N2O5S. The lowest BCUT2D eigenvalue weighted by Crippen LogP contribution is -2.49. The quantitative estimate of drug-likeness (QED) is 0.805. The van der Waals surface area contributed by atoms with E-state index >= 15 is 0 Å². The molecule has 1 aliphatic heterocycles. The number of morpholine rings is 1. The van der Waals surface area contributed by atoms with Gasteiger partial charge in [-0.3, -0.25) is 4.79 Å². The van der Waals surface area contributed by atoms with Gasteiger partial charge in [-0.05, 0) is 20.8 Å². The molecule has 0 aromatic carbocycles. The van der Waals surface area contributed by atoms with Gasteiger partial charge in [0.15, 0.2) is 9.84 Å². The Bertz CT molecular complexity index is 600. The molecule has 1 aliphatic rings. The van der Waals surface area contributed by atoms with Crippen molar-refractivity contribution in [2.45, 2.75) is 38.7 Å². The minimum atomic E-state index is -3.56. The zero-order chi connectivity index (χ0) is 15.6. The predicted molar refractivity (Wildman–Crippen MR) is 75.3 cm³/mol. The topological polar surface area (TPSA) is 89.7 Å². The smallest absolute Gasteiger partial charge is 0.237 e. The van der Waals surface area contributed by atoms with E-state index in [0.717, 1.165) is 0 Å². The Morgan fingerprint density at radius 3 is 2.52 bits per heavy atom. The number of carbonyl (C=O) groups excluding carboxylic acids is 1. The third kappa shape index (κ3) is 4.53. The average Bonchev–Trinajstić information content (AvgIpc) is 2.71. The van der Waals surface area contributed by atoms with Crippen molar-refractivity contribution >= 4 is 15.7 Å². The van der Waals surface area contributed by atoms with E-state index < -0.39 is 21.5 Å². The summed E-state index contributed by atoms with van der Waals surface area (Å²) in [4.78, 5) is 13.7. The molecule has 2 heterocycles. The van der Waals surface area contributed by atoms with E-state index in [1.54, 1.807) is 17.9 Å². The van der Waals surface area contributed by atoms with Gasteiger partial charge in [0.2, 0.25) is 5.91 Å². The van der Waals surface area contributed by atoms with Crippen molar-refractivity contribution < 1.29 is 22.5 Å². The Hall–Kier alpha value is -1.41. The van der Waals surface area contributed by atoms with Gasteiger partial charge in [0.1, 0.15) is 11.5 Å². The number of carbonyl (C=O) groups is 1. The van der Waals surface area contributed by atoms with Crippen molar-refractivity contribution in [2.24, 2.45) is 0 Å². The lowest BCUT2D eigenvalue weighted by molar-refractivity contribution is -0.140. The molecule has 1 fully saturated rings. The number of aromatic nitrogens is 1. The molecule has 2 unspecified atom stereocenters. The van der Waals surface area contributed by atoms with Gasteiger partial charge in [-0.25, -0.2) is 8.42 Å². The average molecular weight is 316 g/mol. The lowest BCUT2D eigenvalue weighted by atomic mass is 10.2. The monoisotopic (exact) mass is 316 g/mol. The third-order valence-electron chi connectivity index (χ3n) is 3.16. The maximum Gasteiger partial charge on any atom is 0.237 e. The van der Waals surface area contributed by atoms with E-state index in [1.807, 2.05) is 13.8 Å². The molecular weight excluding hydrogens is 296 g/mol. The number of aryl methyl sites for hydroxylation is 1. The SMILES string of the molecule is Cc1cc(CS(=O)(=O)CC(=O)N2CC(C)OC(C)C2)no1. The Morgan fingerprint density at radius 1 is 1.38 bits per heavy atom. The van der Waals surface area contributed by atoms with Crippen LogP contribution >= 0.6 is 0 Å². The maximum atomic E-state index is 12.1. The van der Waals surface area contributed by atoms with E-state index in [0.29, 0.717) is 24.5 Å². The van der Waals surface area contributed by atoms with Gasteiger partial charge >= 0.3 is 0 Å². The zero-order valence-corrected chi connectivity index (χ0v) is 13.2. The molecule has 2 atom stereocenters. The Labute approximate surface area is 124 Å². The van der Waals surface area contributed by atoms with E-state index in [9.17, 15) is 13.2 Å². The molecule has 0 bridgehead atoms. The van der Waals surface area contributed by atoms with Crippen molar-refractivity contribution in [1.29, 1.82) is 0 Å². The summed E-state index contributed by atoms with van der Waals surface area (Å²) in [7, 11) is -3.56. The summed E-state index contributed by atoms with van der Waals surface area (Å²) in [6.07, 6.45) is -0.169. The molecule has 0 spiro atoms. The summed E-state index contributed by atoms with van der Waals surface area (Å²) in [5.41, 5.74) is 0.323. The number of nitrogens with zero attached hydrogens (tertiary/aromatic N) is 2. The molecule has 0 N–H and O–H groups in total. The van der Waals surface area contributed by atoms with E-state index in [2.05, 4.69) is 5.16 Å². The zero-order valence-electron chi connectivity index (χ0n) is 12.4. The van der Waals surface area contributed by atoms with Gasteiger partial charge < -0.3 is 14.2 Å². The van der Waals surface area contributed by atoms with Gasteiger partial charge in [0.25, 0.3) is 0 Å². The second-order valence-corrected chi connectivity index (χ2v) is 7.58. The summed E-state index contributed by atoms with van der Waals surface area (Å²) >= 11 is 0. The summed E-state index contributed by atoms with van der Waals surface area (Å²) in [6.45, 7) is 6.25. The largest absolute Gasteiger partial charge is 0.372 e. The maximum absolute atomic E-state index is 12.1. The molecule has 0 aliphatic carbocycles. The van der Waals surface area contributed by atoms with Crippen molar-refractivity contribution in [2.75, 3.05) is 18.8 Å². The highest BCUT2D eigenvalue weighted by atomic mass is 32.2. The standard InChI is InChI=1S/C13H20N2O5S/c1-9-4-12(14-20-9)7-21(17,18)8-13(16)15-5-10(2)19-11(3)6-15/h4,10-11H,5-8H2,1-3H3. The Kier molecular flexibility index (Phi) is 4.67. The molecule has 118 valence electrons.